The lowest BCUT2D eigenvalue weighted by Crippen LogP contribution is -2.52. The summed E-state index contributed by atoms with van der Waals surface area (Å²) in [5.41, 5.74) is 1.29. The Bertz CT molecular complexity index is 718. The first-order chi connectivity index (χ1) is 12.1. The van der Waals surface area contributed by atoms with Crippen LogP contribution in [0.3, 0.4) is 0 Å². The molecule has 26 heavy (non-hydrogen) atoms. The summed E-state index contributed by atoms with van der Waals surface area (Å²) in [7, 11) is 0. The van der Waals surface area contributed by atoms with E-state index >= 15 is 0 Å². The Hall–Kier alpha value is -2.05. The fourth-order valence-electron chi connectivity index (χ4n) is 2.86. The quantitative estimate of drug-likeness (QED) is 0.869. The number of halogens is 1. The van der Waals surface area contributed by atoms with Gasteiger partial charge in [0, 0.05) is 25.7 Å². The molecule has 3 rings (SSSR count). The molecule has 2 aromatic rings. The molecule has 1 amide bonds. The number of nitrogens with zero attached hydrogens (tertiary/aromatic N) is 3. The second-order valence-corrected chi connectivity index (χ2v) is 6.88. The van der Waals surface area contributed by atoms with Crippen LogP contribution in [0.15, 0.2) is 36.5 Å². The lowest BCUT2D eigenvalue weighted by molar-refractivity contribution is 0.0644. The van der Waals surface area contributed by atoms with Crippen molar-refractivity contribution in [1.29, 1.82) is 0 Å². The van der Waals surface area contributed by atoms with Crippen LogP contribution in [-0.4, -0.2) is 52.9 Å². The van der Waals surface area contributed by atoms with Gasteiger partial charge in [0.05, 0.1) is 18.5 Å². The van der Waals surface area contributed by atoms with E-state index in [9.17, 15) is 4.79 Å². The van der Waals surface area contributed by atoms with E-state index in [2.05, 4.69) is 24.3 Å². The highest BCUT2D eigenvalue weighted by Gasteiger charge is 2.29. The van der Waals surface area contributed by atoms with E-state index in [1.54, 1.807) is 10.9 Å². The Morgan fingerprint density at radius 3 is 2.73 bits per heavy atom. The van der Waals surface area contributed by atoms with E-state index in [4.69, 9.17) is 4.74 Å². The number of para-hydroxylation sites is 1. The number of benzene rings is 1. The van der Waals surface area contributed by atoms with Gasteiger partial charge in [-0.3, -0.25) is 4.79 Å². The summed E-state index contributed by atoms with van der Waals surface area (Å²) < 4.78 is 7.62. The number of hydrogen-bond acceptors (Lipinski definition) is 4. The molecule has 142 valence electrons. The van der Waals surface area contributed by atoms with Crippen molar-refractivity contribution in [1.82, 2.24) is 20.0 Å². The molecule has 1 aliphatic heterocycles. The van der Waals surface area contributed by atoms with Gasteiger partial charge in [-0.05, 0) is 25.0 Å². The average Bonchev–Trinajstić information content (AvgIpc) is 3.05. The lowest BCUT2D eigenvalue weighted by Gasteiger charge is -2.33. The third kappa shape index (κ3) is 4.56. The van der Waals surface area contributed by atoms with Crippen LogP contribution in [0.5, 0.6) is 5.75 Å². The minimum absolute atomic E-state index is 0. The van der Waals surface area contributed by atoms with Gasteiger partial charge in [-0.2, -0.15) is 5.10 Å². The fourth-order valence-corrected chi connectivity index (χ4v) is 2.86. The molecule has 7 heteroatoms. The van der Waals surface area contributed by atoms with Gasteiger partial charge in [-0.25, -0.2) is 4.68 Å². The van der Waals surface area contributed by atoms with Crippen molar-refractivity contribution < 1.29 is 9.53 Å². The highest BCUT2D eigenvalue weighted by molar-refractivity contribution is 5.95. The van der Waals surface area contributed by atoms with E-state index in [1.807, 2.05) is 42.2 Å². The van der Waals surface area contributed by atoms with Crippen LogP contribution < -0.4 is 10.1 Å². The van der Waals surface area contributed by atoms with Crippen LogP contribution in [0.2, 0.25) is 0 Å². The van der Waals surface area contributed by atoms with Gasteiger partial charge in [0.1, 0.15) is 0 Å². The topological polar surface area (TPSA) is 59.4 Å². The maximum atomic E-state index is 13.1. The first kappa shape index (κ1) is 20.3. The summed E-state index contributed by atoms with van der Waals surface area (Å²) in [6.45, 7) is 9.06. The zero-order chi connectivity index (χ0) is 17.8. The summed E-state index contributed by atoms with van der Waals surface area (Å²) in [5.74, 6) is 0.858. The molecule has 1 aromatic heterocycles. The molecule has 0 aliphatic carbocycles. The molecule has 0 spiro atoms. The van der Waals surface area contributed by atoms with Crippen molar-refractivity contribution >= 4 is 18.3 Å². The molecule has 0 radical (unpaired) electrons. The largest absolute Gasteiger partial charge is 0.489 e. The summed E-state index contributed by atoms with van der Waals surface area (Å²) >= 11 is 0. The molecule has 1 atom stereocenters. The maximum absolute atomic E-state index is 13.1. The Labute approximate surface area is 160 Å². The molecule has 1 N–H and O–H groups in total. The number of ether oxygens (including phenoxy) is 1. The number of carbonyl (C=O) groups excluding carboxylic acids is 1. The molecule has 1 aliphatic rings. The third-order valence-corrected chi connectivity index (χ3v) is 4.24. The zero-order valence-electron chi connectivity index (χ0n) is 15.5. The number of amides is 1. The monoisotopic (exact) mass is 378 g/mol. The number of piperazine rings is 1. The number of rotatable bonds is 5. The molecule has 1 fully saturated rings. The molecular weight excluding hydrogens is 352 g/mol. The standard InChI is InChI=1S/C19H26N4O2.ClH/c1-14(2)13-25-17-12-23(16-7-5-4-6-8-16)21-18(17)19(24)22-10-9-20-11-15(22)3;/h4-8,12,14-15,20H,9-11,13H2,1-3H3;1H/t15-;/m0./s1. The van der Waals surface area contributed by atoms with E-state index in [0.29, 0.717) is 30.5 Å². The van der Waals surface area contributed by atoms with Gasteiger partial charge in [-0.1, -0.05) is 32.0 Å². The highest BCUT2D eigenvalue weighted by Crippen LogP contribution is 2.23. The summed E-state index contributed by atoms with van der Waals surface area (Å²) in [4.78, 5) is 14.9. The molecular formula is C19H27ClN4O2. The molecule has 0 saturated carbocycles. The lowest BCUT2D eigenvalue weighted by atomic mass is 10.2. The van der Waals surface area contributed by atoms with Crippen LogP contribution in [0.4, 0.5) is 0 Å². The van der Waals surface area contributed by atoms with Crippen LogP contribution >= 0.6 is 12.4 Å². The Morgan fingerprint density at radius 1 is 1.35 bits per heavy atom. The number of aromatic nitrogens is 2. The van der Waals surface area contributed by atoms with Crippen molar-refractivity contribution in [3.05, 3.63) is 42.2 Å². The Kier molecular flexibility index (Phi) is 7.06. The van der Waals surface area contributed by atoms with Crippen LogP contribution in [0, 0.1) is 5.92 Å². The predicted octanol–water partition coefficient (Wildman–Crippen LogP) is 2.76. The first-order valence-corrected chi connectivity index (χ1v) is 8.86. The molecule has 0 unspecified atom stereocenters. The third-order valence-electron chi connectivity index (χ3n) is 4.24. The summed E-state index contributed by atoms with van der Waals surface area (Å²) in [6, 6.07) is 9.91. The first-order valence-electron chi connectivity index (χ1n) is 8.86. The second-order valence-electron chi connectivity index (χ2n) is 6.88. The molecule has 2 heterocycles. The summed E-state index contributed by atoms with van der Waals surface area (Å²) in [5, 5.41) is 7.85. The van der Waals surface area contributed by atoms with Crippen molar-refractivity contribution in [2.24, 2.45) is 5.92 Å². The van der Waals surface area contributed by atoms with Crippen molar-refractivity contribution in [3.63, 3.8) is 0 Å². The van der Waals surface area contributed by atoms with Gasteiger partial charge < -0.3 is 15.0 Å². The zero-order valence-corrected chi connectivity index (χ0v) is 16.3. The molecule has 1 saturated heterocycles. The Morgan fingerprint density at radius 2 is 2.08 bits per heavy atom. The number of carbonyl (C=O) groups is 1. The SMILES string of the molecule is CC(C)COc1cn(-c2ccccc2)nc1C(=O)N1CCNC[C@@H]1C.Cl. The van der Waals surface area contributed by atoms with E-state index < -0.39 is 0 Å². The van der Waals surface area contributed by atoms with Gasteiger partial charge in [0.15, 0.2) is 11.4 Å². The van der Waals surface area contributed by atoms with Crippen molar-refractivity contribution in [2.45, 2.75) is 26.8 Å². The Balaban J connectivity index is 0.00000243. The van der Waals surface area contributed by atoms with Crippen LogP contribution in [0.1, 0.15) is 31.3 Å². The molecule has 6 nitrogen and oxygen atoms in total. The van der Waals surface area contributed by atoms with Crippen molar-refractivity contribution in [3.8, 4) is 11.4 Å². The van der Waals surface area contributed by atoms with E-state index in [-0.39, 0.29) is 24.4 Å². The number of nitrogens with one attached hydrogen (secondary N) is 1. The molecule has 0 bridgehead atoms. The minimum atomic E-state index is -0.0672. The maximum Gasteiger partial charge on any atom is 0.278 e. The van der Waals surface area contributed by atoms with Gasteiger partial charge in [-0.15, -0.1) is 12.4 Å². The second kappa shape index (κ2) is 9.05. The van der Waals surface area contributed by atoms with Crippen molar-refractivity contribution in [2.75, 3.05) is 26.2 Å². The van der Waals surface area contributed by atoms with Gasteiger partial charge >= 0.3 is 0 Å². The highest BCUT2D eigenvalue weighted by atomic mass is 35.5. The minimum Gasteiger partial charge on any atom is -0.489 e. The normalized spacial score (nSPS) is 17.1. The van der Waals surface area contributed by atoms with Gasteiger partial charge in [0.2, 0.25) is 0 Å². The average molecular weight is 379 g/mol. The predicted molar refractivity (Wildman–Crippen MR) is 105 cm³/mol. The van der Waals surface area contributed by atoms with Crippen LogP contribution in [0.25, 0.3) is 5.69 Å². The molecule has 1 aromatic carbocycles. The summed E-state index contributed by atoms with van der Waals surface area (Å²) in [6.07, 6.45) is 1.80. The van der Waals surface area contributed by atoms with Gasteiger partial charge in [0.25, 0.3) is 5.91 Å². The smallest absolute Gasteiger partial charge is 0.278 e. The van der Waals surface area contributed by atoms with E-state index in [0.717, 1.165) is 18.8 Å². The fraction of sp³-hybridized carbons (Fsp3) is 0.474. The van der Waals surface area contributed by atoms with Crippen LogP contribution in [-0.2, 0) is 0 Å². The van der Waals surface area contributed by atoms with E-state index in [1.165, 1.54) is 0 Å². The number of hydrogen-bond donors (Lipinski definition) is 1.